The molecule has 10 aromatic carbocycles. The maximum atomic E-state index is 10.9. The van der Waals surface area contributed by atoms with E-state index < -0.39 is 5.41 Å². The number of phenolic OH excluding ortho intramolecular Hbond substituents is 3. The first-order chi connectivity index (χ1) is 57.4. The smallest absolute Gasteiger partial charge is 0.219 e. The molecule has 6 aromatic heterocycles. The number of hydrogen-bond donors (Lipinski definition) is 3. The zero-order chi connectivity index (χ0) is 83.3. The molecule has 0 spiro atoms. The molecule has 14 nitrogen and oxygen atoms in total. The fraction of sp³-hybridized carbons (Fsp3) is 0.143. The third-order valence-electron chi connectivity index (χ3n) is 20.3. The molecule has 16 rings (SSSR count). The number of aromatic nitrogens is 6. The van der Waals surface area contributed by atoms with E-state index >= 15 is 0 Å². The second-order valence-electron chi connectivity index (χ2n) is 32.3. The summed E-state index contributed by atoms with van der Waals surface area (Å²) >= 11 is 0. The summed E-state index contributed by atoms with van der Waals surface area (Å²) in [6.45, 7) is 23.8. The van der Waals surface area contributed by atoms with Crippen LogP contribution in [0.2, 0.25) is 0 Å². The minimum absolute atomic E-state index is 0. The van der Waals surface area contributed by atoms with Crippen LogP contribution in [0.4, 0.5) is 69.2 Å². The number of anilines is 12. The van der Waals surface area contributed by atoms with Crippen molar-refractivity contribution in [2.24, 2.45) is 0 Å². The third-order valence-corrected chi connectivity index (χ3v) is 20.3. The van der Waals surface area contributed by atoms with Gasteiger partial charge in [0.25, 0.3) is 0 Å². The molecular formula is C105H95N10O4Pt3-3. The summed E-state index contributed by atoms with van der Waals surface area (Å²) in [5.74, 6) is 6.85. The van der Waals surface area contributed by atoms with Gasteiger partial charge >= 0.3 is 0 Å². The Bertz CT molecular complexity index is 5970. The molecule has 0 amide bonds. The average molecular weight is 2150 g/mol. The number of phenols is 3. The summed E-state index contributed by atoms with van der Waals surface area (Å²) < 4.78 is 6.15. The molecule has 0 aliphatic heterocycles. The number of nitrogens with zero attached hydrogens (tertiary/aromatic N) is 10. The molecule has 16 aromatic rings. The van der Waals surface area contributed by atoms with Gasteiger partial charge < -0.3 is 25.0 Å². The molecule has 17 heteroatoms. The quantitative estimate of drug-likeness (QED) is 0.0656. The van der Waals surface area contributed by atoms with Gasteiger partial charge in [0.2, 0.25) is 5.88 Å². The molecule has 0 aliphatic carbocycles. The first-order valence-electron chi connectivity index (χ1n) is 39.7. The second kappa shape index (κ2) is 40.3. The number of aromatic hydroxyl groups is 3. The van der Waals surface area contributed by atoms with Gasteiger partial charge in [-0.05, 0) is 155 Å². The Morgan fingerprint density at radius 2 is 0.607 bits per heavy atom. The van der Waals surface area contributed by atoms with E-state index in [0.717, 1.165) is 114 Å². The first kappa shape index (κ1) is 90.3. The summed E-state index contributed by atoms with van der Waals surface area (Å²) in [5, 5.41) is 32.2. The molecule has 0 saturated carbocycles. The van der Waals surface area contributed by atoms with Crippen LogP contribution in [0, 0.1) is 18.2 Å². The molecule has 0 aliphatic rings. The van der Waals surface area contributed by atoms with Crippen LogP contribution in [-0.2, 0) is 84.9 Å². The number of para-hydroxylation sites is 4. The Morgan fingerprint density at radius 3 is 1.02 bits per heavy atom. The van der Waals surface area contributed by atoms with Crippen molar-refractivity contribution in [1.82, 2.24) is 29.9 Å². The molecule has 0 fully saturated rings. The summed E-state index contributed by atoms with van der Waals surface area (Å²) in [6, 6.07) is 121. The Morgan fingerprint density at radius 1 is 0.279 bits per heavy atom. The molecule has 122 heavy (non-hydrogen) atoms. The van der Waals surface area contributed by atoms with Gasteiger partial charge in [-0.1, -0.05) is 261 Å². The van der Waals surface area contributed by atoms with E-state index in [1.165, 1.54) is 5.56 Å². The van der Waals surface area contributed by atoms with Gasteiger partial charge in [0, 0.05) is 122 Å². The van der Waals surface area contributed by atoms with E-state index in [0.29, 0.717) is 23.0 Å². The van der Waals surface area contributed by atoms with Gasteiger partial charge in [0.1, 0.15) is 40.7 Å². The van der Waals surface area contributed by atoms with Crippen molar-refractivity contribution in [3.05, 3.63) is 404 Å². The largest absolute Gasteiger partial charge is 0.517 e. The number of benzene rings is 10. The number of ether oxygens (including phenoxy) is 1. The molecule has 0 bridgehead atoms. The van der Waals surface area contributed by atoms with Gasteiger partial charge in [-0.25, -0.2) is 24.9 Å². The zero-order valence-corrected chi connectivity index (χ0v) is 76.6. The topological polar surface area (TPSA) is 160 Å². The van der Waals surface area contributed by atoms with Crippen LogP contribution < -0.4 is 24.3 Å². The third kappa shape index (κ3) is 21.8. The van der Waals surface area contributed by atoms with Crippen molar-refractivity contribution >= 4 is 69.2 Å². The Labute approximate surface area is 760 Å². The van der Waals surface area contributed by atoms with Crippen LogP contribution in [-0.4, -0.2) is 45.2 Å². The Hall–Kier alpha value is -12.4. The fourth-order valence-corrected chi connectivity index (χ4v) is 13.8. The maximum Gasteiger partial charge on any atom is 0.219 e. The zero-order valence-electron chi connectivity index (χ0n) is 69.7. The van der Waals surface area contributed by atoms with Crippen LogP contribution in [0.5, 0.6) is 28.9 Å². The van der Waals surface area contributed by atoms with E-state index in [9.17, 15) is 15.3 Å². The molecular weight excluding hydrogens is 2050 g/mol. The van der Waals surface area contributed by atoms with Gasteiger partial charge in [-0.15, -0.1) is 89.0 Å². The predicted octanol–water partition coefficient (Wildman–Crippen LogP) is 26.8. The average Bonchev–Trinajstić information content (AvgIpc) is 0.775. The standard InChI is InChI=1S/C38H33N4O.C35H34N3O.C32H28N3O2.3Pt/c1-38(2,3)29-23-24-34(43)33(27-29)28-14-12-19-32(26-28)41(30-15-6-4-7-16-30)36-21-13-22-37(40-36)42(31-17-8-5-9-18-31)35-20-10-11-25-39-35;1-34(2,3)26-20-21-30(39)29(24-26)25-13-11-14-27(23-25)35(4,5)31-17-12-19-33(37-31)38(28-15-7-6-8-16-28)32-18-9-10-22-36-32;1-32(2,3)24-18-19-28(36)27(22-24)23-11-9-14-26(21-23)37-31-17-10-16-30(34-31)35(25-12-5-4-6-13-25)29-15-7-8-20-33-29;;;/h4-25,27,43H,1-3H3;6-22,24,39H,1-5H3;4-20,22,36H,1-3H3;;;/q3*-1;;;. The van der Waals surface area contributed by atoms with Crippen molar-refractivity contribution < 1.29 is 83.3 Å². The van der Waals surface area contributed by atoms with E-state index in [1.54, 1.807) is 36.8 Å². The predicted molar refractivity (Wildman–Crippen MR) is 484 cm³/mol. The fourth-order valence-electron chi connectivity index (χ4n) is 13.8. The van der Waals surface area contributed by atoms with Gasteiger partial charge in [-0.2, -0.15) is 4.98 Å². The van der Waals surface area contributed by atoms with Crippen molar-refractivity contribution in [2.45, 2.75) is 97.8 Å². The van der Waals surface area contributed by atoms with E-state index in [2.05, 4.69) is 168 Å². The summed E-state index contributed by atoms with van der Waals surface area (Å²) in [7, 11) is 0. The van der Waals surface area contributed by atoms with Crippen LogP contribution in [0.3, 0.4) is 0 Å². The monoisotopic (exact) mass is 2140 g/mol. The van der Waals surface area contributed by atoms with Crippen LogP contribution >= 0.6 is 0 Å². The van der Waals surface area contributed by atoms with Crippen LogP contribution in [0.1, 0.15) is 104 Å². The van der Waals surface area contributed by atoms with E-state index in [4.69, 9.17) is 19.7 Å². The minimum Gasteiger partial charge on any atom is -0.517 e. The molecule has 0 unspecified atom stereocenters. The second-order valence-corrected chi connectivity index (χ2v) is 32.3. The van der Waals surface area contributed by atoms with Crippen molar-refractivity contribution in [1.29, 1.82) is 0 Å². The number of hydrogen-bond acceptors (Lipinski definition) is 14. The van der Waals surface area contributed by atoms with Crippen molar-refractivity contribution in [3.63, 3.8) is 0 Å². The Kier molecular flexibility index (Phi) is 29.8. The van der Waals surface area contributed by atoms with E-state index in [-0.39, 0.29) is 96.7 Å². The first-order valence-corrected chi connectivity index (χ1v) is 39.7. The summed E-state index contributed by atoms with van der Waals surface area (Å²) in [5.41, 5.74) is 14.1. The minimum atomic E-state index is -0.449. The normalized spacial score (nSPS) is 11.1. The molecule has 3 N–H and O–H groups in total. The SMILES string of the molecule is CC(C)(C)c1ccc(O)c(-c2[c-]c(C(C)(C)c3cccc(N(c4ccccc4)c4ccccn4)n3)ccc2)c1.CC(C)(C)c1ccc(O)c(-c2[c-]c(N(c3ccccc3)c3cccc(N(c4ccccc4)c4ccccn4)n3)ccc2)c1.CC(C)(C)c1ccc(O)c(-c2[c-]c(Oc3cccc(N(c4ccccc4)c4ccccn4)n3)ccc2)c1.[Pt].[Pt].[Pt]. The molecule has 6 heterocycles. The summed E-state index contributed by atoms with van der Waals surface area (Å²) in [4.78, 5) is 37.1. The van der Waals surface area contributed by atoms with Gasteiger partial charge in [0.05, 0.1) is 22.9 Å². The molecule has 0 saturated heterocycles. The van der Waals surface area contributed by atoms with Gasteiger partial charge in [-0.3, -0.25) is 14.7 Å². The Balaban J connectivity index is 0.000000177. The van der Waals surface area contributed by atoms with Crippen molar-refractivity contribution in [2.75, 3.05) is 19.6 Å². The number of rotatable bonds is 19. The van der Waals surface area contributed by atoms with Crippen LogP contribution in [0.25, 0.3) is 33.4 Å². The number of pyridine rings is 6. The van der Waals surface area contributed by atoms with Gasteiger partial charge in [0.15, 0.2) is 0 Å². The van der Waals surface area contributed by atoms with Crippen LogP contribution in [0.15, 0.2) is 358 Å². The molecule has 0 radical (unpaired) electrons. The van der Waals surface area contributed by atoms with Crippen molar-refractivity contribution in [3.8, 4) is 62.3 Å². The van der Waals surface area contributed by atoms with E-state index in [1.807, 2.05) is 283 Å². The molecule has 0 atom stereocenters. The maximum absolute atomic E-state index is 10.9. The summed E-state index contributed by atoms with van der Waals surface area (Å²) in [6.07, 6.45) is 5.34. The molecule has 622 valence electrons.